The third-order valence-corrected chi connectivity index (χ3v) is 5.92. The second-order valence-electron chi connectivity index (χ2n) is 7.96. The van der Waals surface area contributed by atoms with E-state index in [0.717, 1.165) is 17.0 Å². The second-order valence-corrected chi connectivity index (χ2v) is 7.96. The van der Waals surface area contributed by atoms with Gasteiger partial charge in [0.2, 0.25) is 11.8 Å². The van der Waals surface area contributed by atoms with Crippen molar-refractivity contribution in [3.8, 4) is 5.75 Å². The highest BCUT2D eigenvalue weighted by atomic mass is 16.5. The van der Waals surface area contributed by atoms with Crippen molar-refractivity contribution in [1.82, 2.24) is 20.7 Å². The molecule has 2 fully saturated rings. The molecule has 31 heavy (non-hydrogen) atoms. The molecule has 2 unspecified atom stereocenters. The van der Waals surface area contributed by atoms with Gasteiger partial charge in [-0.05, 0) is 68.1 Å². The molecular formula is C23H29N5O3. The maximum absolute atomic E-state index is 12.9. The molecule has 0 radical (unpaired) electrons. The quantitative estimate of drug-likeness (QED) is 0.660. The van der Waals surface area contributed by atoms with Gasteiger partial charge in [0.25, 0.3) is 0 Å². The Labute approximate surface area is 182 Å². The number of rotatable bonds is 6. The number of likely N-dealkylation sites (tertiary alicyclic amines) is 1. The van der Waals surface area contributed by atoms with E-state index in [2.05, 4.69) is 21.2 Å². The van der Waals surface area contributed by atoms with Crippen LogP contribution in [0.2, 0.25) is 0 Å². The Morgan fingerprint density at radius 1 is 1.10 bits per heavy atom. The first kappa shape index (κ1) is 21.3. The van der Waals surface area contributed by atoms with Gasteiger partial charge in [-0.3, -0.25) is 14.6 Å². The van der Waals surface area contributed by atoms with Gasteiger partial charge >= 0.3 is 0 Å². The molecule has 3 heterocycles. The van der Waals surface area contributed by atoms with Crippen LogP contribution in [-0.4, -0.2) is 47.4 Å². The molecular weight excluding hydrogens is 394 g/mol. The normalized spacial score (nSPS) is 21.6. The van der Waals surface area contributed by atoms with E-state index in [-0.39, 0.29) is 29.8 Å². The lowest BCUT2D eigenvalue weighted by molar-refractivity contribution is -0.136. The number of hydrogen-bond donors (Lipinski definition) is 3. The molecule has 8 nitrogen and oxygen atoms in total. The van der Waals surface area contributed by atoms with Crippen molar-refractivity contribution in [2.75, 3.05) is 25.0 Å². The zero-order valence-electron chi connectivity index (χ0n) is 17.7. The number of nitrogens with zero attached hydrogens (tertiary/aromatic N) is 2. The van der Waals surface area contributed by atoms with Crippen LogP contribution in [0.4, 0.5) is 5.69 Å². The number of carbonyl (C=O) groups is 2. The summed E-state index contributed by atoms with van der Waals surface area (Å²) in [5.74, 6) is 0.799. The summed E-state index contributed by atoms with van der Waals surface area (Å²) in [6.45, 7) is 3.74. The Morgan fingerprint density at radius 3 is 2.48 bits per heavy atom. The zero-order valence-corrected chi connectivity index (χ0v) is 17.7. The Morgan fingerprint density at radius 2 is 1.81 bits per heavy atom. The SMILES string of the molecule is CCOc1ccc(NC(=O)C2CCN(C(=O)C3CC(c4ccncc4)NN3)CC2)cc1. The summed E-state index contributed by atoms with van der Waals surface area (Å²) >= 11 is 0. The van der Waals surface area contributed by atoms with Crippen molar-refractivity contribution < 1.29 is 14.3 Å². The predicted octanol–water partition coefficient (Wildman–Crippen LogP) is 2.27. The maximum Gasteiger partial charge on any atom is 0.241 e. The predicted molar refractivity (Wildman–Crippen MR) is 117 cm³/mol. The first-order valence-corrected chi connectivity index (χ1v) is 10.9. The van der Waals surface area contributed by atoms with E-state index in [1.807, 2.05) is 48.2 Å². The number of carbonyl (C=O) groups excluding carboxylic acids is 2. The Bertz CT molecular complexity index is 882. The van der Waals surface area contributed by atoms with Crippen LogP contribution in [0.1, 0.15) is 37.8 Å². The molecule has 164 valence electrons. The minimum atomic E-state index is -0.257. The van der Waals surface area contributed by atoms with Gasteiger partial charge in [-0.25, -0.2) is 10.9 Å². The van der Waals surface area contributed by atoms with Gasteiger partial charge in [0.05, 0.1) is 6.61 Å². The molecule has 2 atom stereocenters. The van der Waals surface area contributed by atoms with Crippen molar-refractivity contribution in [3.05, 3.63) is 54.4 Å². The summed E-state index contributed by atoms with van der Waals surface area (Å²) in [4.78, 5) is 31.5. The molecule has 1 aromatic carbocycles. The summed E-state index contributed by atoms with van der Waals surface area (Å²) < 4.78 is 5.43. The number of amides is 2. The summed E-state index contributed by atoms with van der Waals surface area (Å²) in [7, 11) is 0. The lowest BCUT2D eigenvalue weighted by Gasteiger charge is -2.32. The van der Waals surface area contributed by atoms with Gasteiger partial charge < -0.3 is 15.0 Å². The van der Waals surface area contributed by atoms with E-state index >= 15 is 0 Å². The number of aromatic nitrogens is 1. The summed E-state index contributed by atoms with van der Waals surface area (Å²) in [6, 6.07) is 11.1. The standard InChI is InChI=1S/C23H29N5O3/c1-2-31-19-5-3-18(4-6-19)25-22(29)17-9-13-28(14-10-17)23(30)21-15-20(26-27-21)16-7-11-24-12-8-16/h3-8,11-12,17,20-21,26-27H,2,9-10,13-15H2,1H3,(H,25,29). The van der Waals surface area contributed by atoms with Gasteiger partial charge in [-0.2, -0.15) is 0 Å². The fourth-order valence-electron chi connectivity index (χ4n) is 4.16. The monoisotopic (exact) mass is 423 g/mol. The second kappa shape index (κ2) is 9.89. The van der Waals surface area contributed by atoms with Gasteiger partial charge in [-0.1, -0.05) is 0 Å². The molecule has 0 saturated carbocycles. The highest BCUT2D eigenvalue weighted by Crippen LogP contribution is 2.25. The molecule has 4 rings (SSSR count). The smallest absolute Gasteiger partial charge is 0.241 e. The van der Waals surface area contributed by atoms with Crippen molar-refractivity contribution in [2.24, 2.45) is 5.92 Å². The number of pyridine rings is 1. The molecule has 2 aliphatic heterocycles. The average Bonchev–Trinajstić information content (AvgIpc) is 3.31. The van der Waals surface area contributed by atoms with Crippen LogP contribution < -0.4 is 20.9 Å². The van der Waals surface area contributed by atoms with Crippen LogP contribution in [-0.2, 0) is 9.59 Å². The number of piperidine rings is 1. The molecule has 8 heteroatoms. The van der Waals surface area contributed by atoms with Crippen molar-refractivity contribution in [2.45, 2.75) is 38.3 Å². The molecule has 2 aromatic rings. The number of nitrogens with one attached hydrogen (secondary N) is 3. The van der Waals surface area contributed by atoms with Crippen molar-refractivity contribution in [1.29, 1.82) is 0 Å². The van der Waals surface area contributed by atoms with Crippen LogP contribution in [0.3, 0.4) is 0 Å². The molecule has 3 N–H and O–H groups in total. The third kappa shape index (κ3) is 5.21. The van der Waals surface area contributed by atoms with Crippen molar-refractivity contribution >= 4 is 17.5 Å². The number of hydrogen-bond acceptors (Lipinski definition) is 6. The fraction of sp³-hybridized carbons (Fsp3) is 0.435. The maximum atomic E-state index is 12.9. The van der Waals surface area contributed by atoms with E-state index in [4.69, 9.17) is 4.74 Å². The molecule has 0 bridgehead atoms. The molecule has 0 spiro atoms. The number of benzene rings is 1. The molecule has 1 aromatic heterocycles. The molecule has 2 amide bonds. The fourth-order valence-corrected chi connectivity index (χ4v) is 4.16. The van der Waals surface area contributed by atoms with Crippen LogP contribution in [0.15, 0.2) is 48.8 Å². The minimum Gasteiger partial charge on any atom is -0.494 e. The lowest BCUT2D eigenvalue weighted by Crippen LogP contribution is -2.49. The van der Waals surface area contributed by atoms with E-state index < -0.39 is 0 Å². The van der Waals surface area contributed by atoms with Gasteiger partial charge in [0, 0.05) is 43.1 Å². The largest absolute Gasteiger partial charge is 0.494 e. The molecule has 2 aliphatic rings. The zero-order chi connectivity index (χ0) is 21.6. The van der Waals surface area contributed by atoms with E-state index in [1.165, 1.54) is 0 Å². The van der Waals surface area contributed by atoms with E-state index in [0.29, 0.717) is 39.0 Å². The van der Waals surface area contributed by atoms with Crippen LogP contribution in [0.5, 0.6) is 5.75 Å². The molecule has 2 saturated heterocycles. The molecule has 0 aliphatic carbocycles. The first-order valence-electron chi connectivity index (χ1n) is 10.9. The van der Waals surface area contributed by atoms with Gasteiger partial charge in [-0.15, -0.1) is 0 Å². The third-order valence-electron chi connectivity index (χ3n) is 5.92. The van der Waals surface area contributed by atoms with Crippen molar-refractivity contribution in [3.63, 3.8) is 0 Å². The van der Waals surface area contributed by atoms with Crippen LogP contribution >= 0.6 is 0 Å². The summed E-state index contributed by atoms with van der Waals surface area (Å²) in [5, 5.41) is 2.98. The lowest BCUT2D eigenvalue weighted by atomic mass is 9.94. The van der Waals surface area contributed by atoms with E-state index in [9.17, 15) is 9.59 Å². The summed E-state index contributed by atoms with van der Waals surface area (Å²) in [5.41, 5.74) is 8.22. The number of ether oxygens (including phenoxy) is 1. The number of anilines is 1. The van der Waals surface area contributed by atoms with Crippen LogP contribution in [0.25, 0.3) is 0 Å². The van der Waals surface area contributed by atoms with Gasteiger partial charge in [0.15, 0.2) is 0 Å². The minimum absolute atomic E-state index is 0.00895. The Hall–Kier alpha value is -2.97. The Balaban J connectivity index is 1.24. The van der Waals surface area contributed by atoms with Gasteiger partial charge in [0.1, 0.15) is 11.8 Å². The Kier molecular flexibility index (Phi) is 6.79. The highest BCUT2D eigenvalue weighted by molar-refractivity contribution is 5.93. The summed E-state index contributed by atoms with van der Waals surface area (Å²) in [6.07, 6.45) is 5.55. The number of hydrazine groups is 1. The first-order chi connectivity index (χ1) is 15.1. The topological polar surface area (TPSA) is 95.6 Å². The average molecular weight is 424 g/mol. The highest BCUT2D eigenvalue weighted by Gasteiger charge is 2.35. The van der Waals surface area contributed by atoms with Crippen LogP contribution in [0, 0.1) is 5.92 Å². The van der Waals surface area contributed by atoms with E-state index in [1.54, 1.807) is 12.4 Å².